The molecule has 1 heterocycles. The van der Waals surface area contributed by atoms with E-state index < -0.39 is 0 Å². The van der Waals surface area contributed by atoms with Gasteiger partial charge in [-0.15, -0.1) is 0 Å². The second-order valence-electron chi connectivity index (χ2n) is 2.06. The highest BCUT2D eigenvalue weighted by Crippen LogP contribution is 2.06. The molecule has 2 aromatic rings. The average Bonchev–Trinajstić information content (AvgIpc) is 2.30. The summed E-state index contributed by atoms with van der Waals surface area (Å²) < 4.78 is 7.89. The summed E-state index contributed by atoms with van der Waals surface area (Å²) in [7, 11) is 0. The predicted octanol–water partition coefficient (Wildman–Crippen LogP) is 2.23. The van der Waals surface area contributed by atoms with E-state index >= 15 is 0 Å². The van der Waals surface area contributed by atoms with Crippen molar-refractivity contribution in [2.75, 3.05) is 0 Å². The number of aromatic amines is 2. The smallest absolute Gasteiger partial charge is 0.175 e. The Kier molecular flexibility index (Phi) is 0.914. The van der Waals surface area contributed by atoms with E-state index in [2.05, 4.69) is 4.98 Å². The largest absolute Gasteiger partial charge is 0.331 e. The Morgan fingerprint density at radius 2 is 2.00 bits per heavy atom. The van der Waals surface area contributed by atoms with Gasteiger partial charge in [-0.05, 0) is 24.4 Å². The van der Waals surface area contributed by atoms with Crippen molar-refractivity contribution in [3.8, 4) is 0 Å². The molecule has 0 atom stereocenters. The van der Waals surface area contributed by atoms with E-state index in [-0.39, 0.29) is 0 Å². The van der Waals surface area contributed by atoms with Gasteiger partial charge in [-0.3, -0.25) is 0 Å². The standard InChI is InChI=1S/C7H6N2S/c10-7-8-5-3-1-2-4-6(5)9-7/h1-4H,(H2,8,9,10)/i/hD. The molecule has 2 rings (SSSR count). The summed E-state index contributed by atoms with van der Waals surface area (Å²) in [6.45, 7) is 0. The fourth-order valence-electron chi connectivity index (χ4n) is 0.929. The van der Waals surface area contributed by atoms with Crippen molar-refractivity contribution >= 4 is 23.3 Å². The lowest BCUT2D eigenvalue weighted by atomic mass is 10.3. The summed E-state index contributed by atoms with van der Waals surface area (Å²) in [5.41, 5.74) is 1.73. The molecule has 0 spiro atoms. The number of rotatable bonds is 0. The Bertz CT molecular complexity index is 443. The maximum atomic E-state index is 7.45. The highest BCUT2D eigenvalue weighted by atomic mass is 32.1. The number of nitrogens with one attached hydrogen (secondary N) is 2. The first kappa shape index (κ1) is 4.68. The Balaban J connectivity index is 3.04. The molecule has 0 saturated carbocycles. The van der Waals surface area contributed by atoms with Crippen LogP contribution < -0.4 is 0 Å². The molecule has 10 heavy (non-hydrogen) atoms. The summed E-state index contributed by atoms with van der Waals surface area (Å²) in [5.74, 6) is 0. The second kappa shape index (κ2) is 1.95. The van der Waals surface area contributed by atoms with Gasteiger partial charge >= 0.3 is 0 Å². The third-order valence-corrected chi connectivity index (χ3v) is 1.56. The minimum absolute atomic E-state index is 0.436. The minimum Gasteiger partial charge on any atom is -0.331 e. The molecule has 0 unspecified atom stereocenters. The molecule has 2 N–H and O–H groups in total. The van der Waals surface area contributed by atoms with Crippen molar-refractivity contribution < 1.29 is 1.41 Å². The Labute approximate surface area is 64.4 Å². The molecule has 0 bridgehead atoms. The molecular formula is C7H6N2S. The Morgan fingerprint density at radius 3 is 2.70 bits per heavy atom. The lowest BCUT2D eigenvalue weighted by Crippen LogP contribution is -1.63. The van der Waals surface area contributed by atoms with Crippen molar-refractivity contribution in [2.45, 2.75) is 0 Å². The van der Waals surface area contributed by atoms with E-state index in [9.17, 15) is 0 Å². The highest BCUT2D eigenvalue weighted by molar-refractivity contribution is 7.71. The molecule has 0 radical (unpaired) electrons. The third kappa shape index (κ3) is 0.752. The van der Waals surface area contributed by atoms with Gasteiger partial charge in [0.2, 0.25) is 0 Å². The van der Waals surface area contributed by atoms with E-state index in [0.717, 1.165) is 11.0 Å². The van der Waals surface area contributed by atoms with Crippen LogP contribution in [0, 0.1) is 4.77 Å². The van der Waals surface area contributed by atoms with Gasteiger partial charge in [0, 0.05) is 0 Å². The zero-order chi connectivity index (χ0) is 7.84. The van der Waals surface area contributed by atoms with Crippen molar-refractivity contribution in [2.24, 2.45) is 0 Å². The van der Waals surface area contributed by atoms with Crippen LogP contribution in [0.4, 0.5) is 0 Å². The zero-order valence-corrected chi connectivity index (χ0v) is 5.98. The molecule has 0 amide bonds. The number of hydrogen-bond donors (Lipinski definition) is 2. The molecular weight excluding hydrogens is 144 g/mol. The van der Waals surface area contributed by atoms with Gasteiger partial charge in [-0.25, -0.2) is 0 Å². The van der Waals surface area contributed by atoms with E-state index in [1.165, 1.54) is 4.98 Å². The minimum atomic E-state index is 0.436. The van der Waals surface area contributed by atoms with Crippen LogP contribution in [0.5, 0.6) is 0 Å². The lowest BCUT2D eigenvalue weighted by Gasteiger charge is -1.82. The fraction of sp³-hybridized carbons (Fsp3) is 0. The predicted molar refractivity (Wildman–Crippen MR) is 43.5 cm³/mol. The molecule has 0 aliphatic heterocycles. The Morgan fingerprint density at radius 1 is 1.30 bits per heavy atom. The maximum Gasteiger partial charge on any atom is 0.175 e. The normalized spacial score (nSPS) is 11.8. The van der Waals surface area contributed by atoms with E-state index in [1.807, 2.05) is 24.3 Å². The maximum absolute atomic E-state index is 7.45. The fourth-order valence-corrected chi connectivity index (χ4v) is 1.14. The Hall–Kier alpha value is -1.09. The lowest BCUT2D eigenvalue weighted by molar-refractivity contribution is 1.30. The van der Waals surface area contributed by atoms with Crippen molar-refractivity contribution in [1.29, 1.82) is 0 Å². The number of hydrogen-bond acceptors (Lipinski definition) is 1. The monoisotopic (exact) mass is 151 g/mol. The summed E-state index contributed by atoms with van der Waals surface area (Å²) in [5, 5.41) is 0. The summed E-state index contributed by atoms with van der Waals surface area (Å²) in [4.78, 5) is 4.13. The van der Waals surface area contributed by atoms with Crippen molar-refractivity contribution in [1.82, 2.24) is 9.96 Å². The van der Waals surface area contributed by atoms with E-state index in [0.29, 0.717) is 4.77 Å². The number of benzene rings is 1. The van der Waals surface area contributed by atoms with Crippen LogP contribution in [0.2, 0.25) is 1.41 Å². The van der Waals surface area contributed by atoms with Crippen LogP contribution >= 0.6 is 12.2 Å². The number of aromatic nitrogens is 2. The SMILES string of the molecule is [2H]n1c(=S)[nH]c2ccccc21. The molecule has 2 nitrogen and oxygen atoms in total. The van der Waals surface area contributed by atoms with Crippen LogP contribution in [-0.4, -0.2) is 9.96 Å². The summed E-state index contributed by atoms with van der Waals surface area (Å²) in [6, 6.07) is 7.55. The van der Waals surface area contributed by atoms with Crippen LogP contribution in [0.25, 0.3) is 11.0 Å². The molecule has 3 heteroatoms. The number of H-pyrrole nitrogens is 2. The van der Waals surface area contributed by atoms with Crippen LogP contribution in [0.15, 0.2) is 24.3 Å². The van der Waals surface area contributed by atoms with Crippen LogP contribution in [0.1, 0.15) is 0 Å². The summed E-state index contributed by atoms with van der Waals surface area (Å²) in [6.07, 6.45) is 0. The first-order chi connectivity index (χ1) is 5.29. The molecule has 0 fully saturated rings. The molecule has 1 aromatic carbocycles. The first-order valence-electron chi connectivity index (χ1n) is 3.43. The summed E-state index contributed by atoms with van der Waals surface area (Å²) >= 11 is 4.87. The number of imidazole rings is 1. The third-order valence-electron chi connectivity index (χ3n) is 1.37. The van der Waals surface area contributed by atoms with Crippen LogP contribution in [0.3, 0.4) is 0 Å². The average molecular weight is 151 g/mol. The molecule has 0 saturated heterocycles. The van der Waals surface area contributed by atoms with Gasteiger partial charge in [0.1, 0.15) is 0 Å². The number of para-hydroxylation sites is 2. The molecule has 1 aromatic heterocycles. The van der Waals surface area contributed by atoms with Gasteiger partial charge in [0.25, 0.3) is 0 Å². The van der Waals surface area contributed by atoms with E-state index in [4.69, 9.17) is 13.6 Å². The van der Waals surface area contributed by atoms with Crippen LogP contribution in [-0.2, 0) is 0 Å². The molecule has 50 valence electrons. The zero-order valence-electron chi connectivity index (χ0n) is 6.16. The van der Waals surface area contributed by atoms with Crippen molar-refractivity contribution in [3.63, 3.8) is 0 Å². The van der Waals surface area contributed by atoms with Gasteiger partial charge in [0.15, 0.2) is 6.18 Å². The first-order valence-corrected chi connectivity index (χ1v) is 3.39. The second-order valence-corrected chi connectivity index (χ2v) is 2.45. The molecule has 0 aliphatic carbocycles. The number of fused-ring (bicyclic) bond motifs is 1. The quantitative estimate of drug-likeness (QED) is 0.556. The molecule has 0 aliphatic rings. The van der Waals surface area contributed by atoms with Gasteiger partial charge < -0.3 is 9.96 Å². The highest BCUT2D eigenvalue weighted by Gasteiger charge is 1.90. The van der Waals surface area contributed by atoms with Gasteiger partial charge in [-0.1, -0.05) is 12.1 Å². The topological polar surface area (TPSA) is 31.6 Å². The van der Waals surface area contributed by atoms with E-state index in [1.54, 1.807) is 0 Å². The van der Waals surface area contributed by atoms with Gasteiger partial charge in [-0.2, -0.15) is 0 Å². The van der Waals surface area contributed by atoms with Crippen molar-refractivity contribution in [3.05, 3.63) is 29.0 Å². The van der Waals surface area contributed by atoms with Gasteiger partial charge in [0.05, 0.1) is 11.0 Å².